The molecule has 2 atom stereocenters. The van der Waals surface area contributed by atoms with Crippen molar-refractivity contribution in [2.24, 2.45) is 0 Å². The lowest BCUT2D eigenvalue weighted by atomic mass is 10.1. The summed E-state index contributed by atoms with van der Waals surface area (Å²) in [5.74, 6) is 0. The van der Waals surface area contributed by atoms with Crippen LogP contribution in [0.2, 0.25) is 0 Å². The minimum absolute atomic E-state index is 0.942. The summed E-state index contributed by atoms with van der Waals surface area (Å²) in [5.41, 5.74) is 0. The average Bonchev–Trinajstić information content (AvgIpc) is 2.10. The lowest BCUT2D eigenvalue weighted by Crippen LogP contribution is -2.43. The Morgan fingerprint density at radius 3 is 2.78 bits per heavy atom. The second-order valence-electron chi connectivity index (χ2n) is 2.84. The van der Waals surface area contributed by atoms with Crippen LogP contribution < -0.4 is 0 Å². The molecule has 0 aromatic carbocycles. The predicted molar refractivity (Wildman–Crippen MR) is 40.9 cm³/mol. The van der Waals surface area contributed by atoms with Crippen molar-refractivity contribution in [2.45, 2.75) is 12.5 Å². The molecule has 0 radical (unpaired) electrons. The number of rotatable bonds is 1. The van der Waals surface area contributed by atoms with Crippen LogP contribution in [0, 0.1) is 0 Å². The molecule has 0 aliphatic carbocycles. The third-order valence-electron chi connectivity index (χ3n) is 2.37. The number of hydrogen-bond donors (Lipinski definition) is 0. The SMILES string of the molecule is CPN1CC2CCN2C1. The van der Waals surface area contributed by atoms with Crippen molar-refractivity contribution in [1.82, 2.24) is 9.57 Å². The van der Waals surface area contributed by atoms with E-state index in [1.807, 2.05) is 0 Å². The van der Waals surface area contributed by atoms with E-state index in [1.54, 1.807) is 0 Å². The molecule has 0 N–H and O–H groups in total. The fourth-order valence-electron chi connectivity index (χ4n) is 1.58. The van der Waals surface area contributed by atoms with E-state index in [0.717, 1.165) is 14.8 Å². The summed E-state index contributed by atoms with van der Waals surface area (Å²) in [4.78, 5) is 2.57. The van der Waals surface area contributed by atoms with Crippen molar-refractivity contribution in [1.29, 1.82) is 0 Å². The van der Waals surface area contributed by atoms with Gasteiger partial charge in [0.2, 0.25) is 0 Å². The van der Waals surface area contributed by atoms with E-state index in [0.29, 0.717) is 0 Å². The molecule has 0 aromatic rings. The first-order chi connectivity index (χ1) is 4.40. The molecule has 2 saturated heterocycles. The van der Waals surface area contributed by atoms with Crippen molar-refractivity contribution in [3.05, 3.63) is 0 Å². The molecule has 2 aliphatic heterocycles. The molecular formula is C6H13N2P. The summed E-state index contributed by atoms with van der Waals surface area (Å²) in [6, 6.07) is 0.942. The third kappa shape index (κ3) is 0.899. The standard InChI is InChI=1S/C6H13N2P/c1-9-8-4-6-2-3-7(6)5-8/h6,9H,2-5H2,1H3. The molecule has 2 fully saturated rings. The zero-order chi connectivity index (χ0) is 6.27. The molecule has 0 saturated carbocycles. The first-order valence-electron chi connectivity index (χ1n) is 3.56. The van der Waals surface area contributed by atoms with Gasteiger partial charge < -0.3 is 0 Å². The Balaban J connectivity index is 1.91. The Morgan fingerprint density at radius 2 is 2.44 bits per heavy atom. The Morgan fingerprint density at radius 1 is 1.56 bits per heavy atom. The van der Waals surface area contributed by atoms with Gasteiger partial charge >= 0.3 is 0 Å². The van der Waals surface area contributed by atoms with E-state index in [2.05, 4.69) is 16.2 Å². The first kappa shape index (κ1) is 6.09. The summed E-state index contributed by atoms with van der Waals surface area (Å²) >= 11 is 0. The van der Waals surface area contributed by atoms with Crippen molar-refractivity contribution < 1.29 is 0 Å². The third-order valence-corrected chi connectivity index (χ3v) is 3.32. The predicted octanol–water partition coefficient (Wildman–Crippen LogP) is 0.557. The molecule has 0 spiro atoms. The lowest BCUT2D eigenvalue weighted by Gasteiger charge is -2.32. The van der Waals surface area contributed by atoms with Crippen LogP contribution in [0.1, 0.15) is 6.42 Å². The summed E-state index contributed by atoms with van der Waals surface area (Å²) in [6.45, 7) is 6.21. The van der Waals surface area contributed by atoms with Gasteiger partial charge in [-0.3, -0.25) is 9.57 Å². The summed E-state index contributed by atoms with van der Waals surface area (Å²) < 4.78 is 2.54. The molecule has 9 heavy (non-hydrogen) atoms. The molecular weight excluding hydrogens is 131 g/mol. The van der Waals surface area contributed by atoms with Gasteiger partial charge in [0.05, 0.1) is 6.67 Å². The molecule has 2 unspecified atom stereocenters. The number of hydrogen-bond acceptors (Lipinski definition) is 2. The highest BCUT2D eigenvalue weighted by molar-refractivity contribution is 7.34. The van der Waals surface area contributed by atoms with E-state index in [1.165, 1.54) is 26.2 Å². The maximum Gasteiger partial charge on any atom is 0.0543 e. The van der Waals surface area contributed by atoms with Crippen molar-refractivity contribution in [2.75, 3.05) is 26.4 Å². The smallest absolute Gasteiger partial charge is 0.0543 e. The zero-order valence-electron chi connectivity index (χ0n) is 5.80. The van der Waals surface area contributed by atoms with Gasteiger partial charge in [-0.1, -0.05) is 8.73 Å². The highest BCUT2D eigenvalue weighted by Gasteiger charge is 2.35. The Kier molecular flexibility index (Phi) is 1.48. The highest BCUT2D eigenvalue weighted by Crippen LogP contribution is 2.30. The zero-order valence-corrected chi connectivity index (χ0v) is 6.80. The van der Waals surface area contributed by atoms with E-state index < -0.39 is 0 Å². The van der Waals surface area contributed by atoms with E-state index >= 15 is 0 Å². The highest BCUT2D eigenvalue weighted by atomic mass is 31.1. The minimum atomic E-state index is 0.942. The summed E-state index contributed by atoms with van der Waals surface area (Å²) in [5, 5.41) is 0. The van der Waals surface area contributed by atoms with Gasteiger partial charge in [-0.25, -0.2) is 0 Å². The van der Waals surface area contributed by atoms with Crippen LogP contribution in [-0.4, -0.2) is 42.0 Å². The Bertz CT molecular complexity index is 106. The largest absolute Gasteiger partial charge is 0.286 e. The molecule has 3 heteroatoms. The second kappa shape index (κ2) is 2.19. The molecule has 52 valence electrons. The van der Waals surface area contributed by atoms with Crippen LogP contribution in [0.3, 0.4) is 0 Å². The normalized spacial score (nSPS) is 37.7. The van der Waals surface area contributed by atoms with Crippen molar-refractivity contribution >= 4 is 8.73 Å². The maximum atomic E-state index is 2.57. The number of fused-ring (bicyclic) bond motifs is 1. The fourth-order valence-corrected chi connectivity index (χ4v) is 2.30. The molecule has 0 bridgehead atoms. The van der Waals surface area contributed by atoms with Crippen LogP contribution in [0.25, 0.3) is 0 Å². The molecule has 2 rings (SSSR count). The quantitative estimate of drug-likeness (QED) is 0.496. The van der Waals surface area contributed by atoms with Gasteiger partial charge in [0.15, 0.2) is 0 Å². The second-order valence-corrected chi connectivity index (χ2v) is 3.92. The van der Waals surface area contributed by atoms with Gasteiger partial charge in [0.1, 0.15) is 0 Å². The van der Waals surface area contributed by atoms with Gasteiger partial charge in [0, 0.05) is 19.1 Å². The molecule has 0 amide bonds. The van der Waals surface area contributed by atoms with Gasteiger partial charge in [-0.05, 0) is 13.1 Å². The Labute approximate surface area is 58.0 Å². The summed E-state index contributed by atoms with van der Waals surface area (Å²) in [6.07, 6.45) is 1.45. The lowest BCUT2D eigenvalue weighted by molar-refractivity contribution is 0.143. The van der Waals surface area contributed by atoms with Gasteiger partial charge in [0.25, 0.3) is 0 Å². The van der Waals surface area contributed by atoms with E-state index in [-0.39, 0.29) is 0 Å². The summed E-state index contributed by atoms with van der Waals surface area (Å²) in [7, 11) is 1.02. The van der Waals surface area contributed by atoms with Gasteiger partial charge in [-0.15, -0.1) is 0 Å². The monoisotopic (exact) mass is 144 g/mol. The molecule has 2 aliphatic rings. The first-order valence-corrected chi connectivity index (χ1v) is 5.01. The van der Waals surface area contributed by atoms with Crippen molar-refractivity contribution in [3.8, 4) is 0 Å². The van der Waals surface area contributed by atoms with Crippen LogP contribution >= 0.6 is 8.73 Å². The fraction of sp³-hybridized carbons (Fsp3) is 1.00. The van der Waals surface area contributed by atoms with Crippen LogP contribution in [0.5, 0.6) is 0 Å². The van der Waals surface area contributed by atoms with E-state index in [4.69, 9.17) is 0 Å². The Hall–Kier alpha value is 0.350. The average molecular weight is 144 g/mol. The van der Waals surface area contributed by atoms with Crippen LogP contribution in [0.4, 0.5) is 0 Å². The molecule has 2 nitrogen and oxygen atoms in total. The van der Waals surface area contributed by atoms with Crippen molar-refractivity contribution in [3.63, 3.8) is 0 Å². The maximum absolute atomic E-state index is 2.57. The van der Waals surface area contributed by atoms with Gasteiger partial charge in [-0.2, -0.15) is 0 Å². The molecule has 0 aromatic heterocycles. The molecule has 2 heterocycles. The van der Waals surface area contributed by atoms with E-state index in [9.17, 15) is 0 Å². The van der Waals surface area contributed by atoms with Crippen LogP contribution in [-0.2, 0) is 0 Å². The van der Waals surface area contributed by atoms with Crippen LogP contribution in [0.15, 0.2) is 0 Å². The minimum Gasteiger partial charge on any atom is -0.286 e. The topological polar surface area (TPSA) is 6.48 Å². The number of nitrogens with zero attached hydrogens (tertiary/aromatic N) is 2.